The first-order valence-corrected chi connectivity index (χ1v) is 8.67. The molecule has 0 radical (unpaired) electrons. The number of phenolic OH excluding ortho intramolecular Hbond substituents is 2. The van der Waals surface area contributed by atoms with Crippen LogP contribution in [-0.4, -0.2) is 10.2 Å². The van der Waals surface area contributed by atoms with E-state index in [0.717, 1.165) is 24.8 Å². The quantitative estimate of drug-likeness (QED) is 0.677. The molecule has 1 aromatic carbocycles. The van der Waals surface area contributed by atoms with E-state index in [1.807, 2.05) is 12.1 Å². The fourth-order valence-electron chi connectivity index (χ4n) is 4.33. The van der Waals surface area contributed by atoms with Crippen LogP contribution >= 0.6 is 0 Å². The van der Waals surface area contributed by atoms with Gasteiger partial charge in [-0.15, -0.1) is 0 Å². The number of phenols is 2. The van der Waals surface area contributed by atoms with Crippen LogP contribution in [0.25, 0.3) is 0 Å². The van der Waals surface area contributed by atoms with E-state index in [1.165, 1.54) is 38.5 Å². The maximum Gasteiger partial charge on any atom is 0.161 e. The zero-order chi connectivity index (χ0) is 15.3. The molecule has 0 aliphatic heterocycles. The third kappa shape index (κ3) is 3.20. The number of hydrogen-bond acceptors (Lipinski definition) is 2. The predicted molar refractivity (Wildman–Crippen MR) is 87.8 cm³/mol. The average Bonchev–Trinajstić information content (AvgIpc) is 2.51. The molecule has 21 heavy (non-hydrogen) atoms. The predicted octanol–water partition coefficient (Wildman–Crippen LogP) is 5.52. The minimum atomic E-state index is 0.0304. The molecule has 1 unspecified atom stereocenters. The zero-order valence-corrected chi connectivity index (χ0v) is 13.6. The molecular formula is C19H30O2. The van der Waals surface area contributed by atoms with Crippen molar-refractivity contribution in [2.45, 2.75) is 77.0 Å². The van der Waals surface area contributed by atoms with Gasteiger partial charge in [0.05, 0.1) is 0 Å². The molecule has 1 fully saturated rings. The Kier molecular flexibility index (Phi) is 5.55. The minimum Gasteiger partial charge on any atom is -0.504 e. The summed E-state index contributed by atoms with van der Waals surface area (Å²) in [7, 11) is 0. The fraction of sp³-hybridized carbons (Fsp3) is 0.684. The molecule has 1 aromatic rings. The summed E-state index contributed by atoms with van der Waals surface area (Å²) in [5, 5.41) is 20.4. The highest BCUT2D eigenvalue weighted by molar-refractivity contribution is 5.48. The number of rotatable bonds is 6. The highest BCUT2D eigenvalue weighted by atomic mass is 16.3. The molecule has 2 N–H and O–H groups in total. The van der Waals surface area contributed by atoms with E-state index in [0.29, 0.717) is 5.92 Å². The maximum absolute atomic E-state index is 10.4. The van der Waals surface area contributed by atoms with Crippen molar-refractivity contribution in [1.82, 2.24) is 0 Å². The van der Waals surface area contributed by atoms with Gasteiger partial charge in [-0.25, -0.2) is 0 Å². The Hall–Kier alpha value is -1.18. The summed E-state index contributed by atoms with van der Waals surface area (Å²) in [6, 6.07) is 5.50. The first kappa shape index (κ1) is 16.2. The molecule has 1 aliphatic carbocycles. The van der Waals surface area contributed by atoms with Gasteiger partial charge < -0.3 is 10.2 Å². The Morgan fingerprint density at radius 3 is 2.43 bits per heavy atom. The van der Waals surface area contributed by atoms with E-state index in [-0.39, 0.29) is 16.9 Å². The van der Waals surface area contributed by atoms with Crippen molar-refractivity contribution in [3.63, 3.8) is 0 Å². The molecule has 0 heterocycles. The first-order valence-electron chi connectivity index (χ1n) is 8.67. The molecule has 1 atom stereocenters. The van der Waals surface area contributed by atoms with Gasteiger partial charge in [-0.1, -0.05) is 64.5 Å². The number of aromatic hydroxyl groups is 2. The van der Waals surface area contributed by atoms with Crippen molar-refractivity contribution in [3.05, 3.63) is 23.8 Å². The van der Waals surface area contributed by atoms with Crippen molar-refractivity contribution in [2.24, 2.45) is 5.92 Å². The summed E-state index contributed by atoms with van der Waals surface area (Å²) < 4.78 is 0. The summed E-state index contributed by atoms with van der Waals surface area (Å²) in [6.07, 6.45) is 10.9. The van der Waals surface area contributed by atoms with Gasteiger partial charge in [-0.3, -0.25) is 0 Å². The van der Waals surface area contributed by atoms with E-state index in [4.69, 9.17) is 0 Å². The van der Waals surface area contributed by atoms with E-state index in [1.54, 1.807) is 6.07 Å². The van der Waals surface area contributed by atoms with Crippen LogP contribution in [0.1, 0.15) is 77.2 Å². The summed E-state index contributed by atoms with van der Waals surface area (Å²) in [5.41, 5.74) is 1.05. The topological polar surface area (TPSA) is 40.5 Å². The molecule has 2 nitrogen and oxygen atoms in total. The molecule has 1 aliphatic rings. The Morgan fingerprint density at radius 2 is 1.81 bits per heavy atom. The van der Waals surface area contributed by atoms with Gasteiger partial charge >= 0.3 is 0 Å². The van der Waals surface area contributed by atoms with Gasteiger partial charge in [-0.05, 0) is 31.2 Å². The van der Waals surface area contributed by atoms with Crippen LogP contribution in [-0.2, 0) is 5.41 Å². The summed E-state index contributed by atoms with van der Waals surface area (Å²) in [4.78, 5) is 0. The lowest BCUT2D eigenvalue weighted by atomic mass is 9.60. The lowest BCUT2D eigenvalue weighted by molar-refractivity contribution is 0.167. The maximum atomic E-state index is 10.4. The Morgan fingerprint density at radius 1 is 1.10 bits per heavy atom. The standard InChI is InChI=1S/C19H30O2/c1-3-5-10-15(4-2)19(13-7-6-8-14-19)16-11-9-12-17(20)18(16)21/h9,11-12,15,20-21H,3-8,10,13-14H2,1-2H3. The number of hydrogen-bond donors (Lipinski definition) is 2. The van der Waals surface area contributed by atoms with Crippen LogP contribution in [0, 0.1) is 5.92 Å². The van der Waals surface area contributed by atoms with Crippen LogP contribution in [0.2, 0.25) is 0 Å². The number of unbranched alkanes of at least 4 members (excludes halogenated alkanes) is 1. The van der Waals surface area contributed by atoms with Gasteiger partial charge in [0.1, 0.15) is 0 Å². The van der Waals surface area contributed by atoms with Crippen LogP contribution in [0.3, 0.4) is 0 Å². The van der Waals surface area contributed by atoms with Crippen molar-refractivity contribution in [1.29, 1.82) is 0 Å². The highest BCUT2D eigenvalue weighted by Crippen LogP contribution is 2.52. The average molecular weight is 290 g/mol. The van der Waals surface area contributed by atoms with Crippen molar-refractivity contribution < 1.29 is 10.2 Å². The van der Waals surface area contributed by atoms with Gasteiger partial charge in [0.2, 0.25) is 0 Å². The monoisotopic (exact) mass is 290 g/mol. The molecule has 2 heteroatoms. The van der Waals surface area contributed by atoms with E-state index < -0.39 is 0 Å². The lowest BCUT2D eigenvalue weighted by Crippen LogP contribution is -2.37. The second-order valence-corrected chi connectivity index (χ2v) is 6.64. The Balaban J connectivity index is 2.42. The van der Waals surface area contributed by atoms with Crippen LogP contribution in [0.15, 0.2) is 18.2 Å². The van der Waals surface area contributed by atoms with Gasteiger partial charge in [0, 0.05) is 11.0 Å². The van der Waals surface area contributed by atoms with E-state index in [9.17, 15) is 10.2 Å². The van der Waals surface area contributed by atoms with E-state index in [2.05, 4.69) is 13.8 Å². The van der Waals surface area contributed by atoms with E-state index >= 15 is 0 Å². The van der Waals surface area contributed by atoms with Crippen molar-refractivity contribution >= 4 is 0 Å². The second-order valence-electron chi connectivity index (χ2n) is 6.64. The Labute approximate surface area is 129 Å². The minimum absolute atomic E-state index is 0.0304. The number of benzene rings is 1. The highest BCUT2D eigenvalue weighted by Gasteiger charge is 2.41. The third-order valence-electron chi connectivity index (χ3n) is 5.48. The van der Waals surface area contributed by atoms with Crippen molar-refractivity contribution in [2.75, 3.05) is 0 Å². The van der Waals surface area contributed by atoms with Gasteiger partial charge in [0.15, 0.2) is 11.5 Å². The summed E-state index contributed by atoms with van der Waals surface area (Å²) in [5.74, 6) is 0.752. The molecule has 0 aromatic heterocycles. The second kappa shape index (κ2) is 7.20. The molecule has 0 bridgehead atoms. The normalized spacial score (nSPS) is 19.3. The molecule has 0 spiro atoms. The molecule has 1 saturated carbocycles. The fourth-order valence-corrected chi connectivity index (χ4v) is 4.33. The molecule has 0 saturated heterocycles. The van der Waals surface area contributed by atoms with Gasteiger partial charge in [0.25, 0.3) is 0 Å². The SMILES string of the molecule is CCCCC(CC)C1(c2cccc(O)c2O)CCCCC1. The smallest absolute Gasteiger partial charge is 0.161 e. The lowest BCUT2D eigenvalue weighted by Gasteiger charge is -2.44. The molecule has 0 amide bonds. The molecule has 2 rings (SSSR count). The van der Waals surface area contributed by atoms with Crippen LogP contribution in [0.4, 0.5) is 0 Å². The number of para-hydroxylation sites is 1. The zero-order valence-electron chi connectivity index (χ0n) is 13.6. The Bertz CT molecular complexity index is 447. The molecule has 118 valence electrons. The largest absolute Gasteiger partial charge is 0.504 e. The summed E-state index contributed by atoms with van der Waals surface area (Å²) >= 11 is 0. The third-order valence-corrected chi connectivity index (χ3v) is 5.48. The van der Waals surface area contributed by atoms with Crippen LogP contribution < -0.4 is 0 Å². The first-order chi connectivity index (χ1) is 10.2. The summed E-state index contributed by atoms with van der Waals surface area (Å²) in [6.45, 7) is 4.52. The van der Waals surface area contributed by atoms with Crippen LogP contribution in [0.5, 0.6) is 11.5 Å². The molecular weight excluding hydrogens is 260 g/mol. The van der Waals surface area contributed by atoms with Crippen molar-refractivity contribution in [3.8, 4) is 11.5 Å². The van der Waals surface area contributed by atoms with Gasteiger partial charge in [-0.2, -0.15) is 0 Å².